The second-order valence-electron chi connectivity index (χ2n) is 6.96. The van der Waals surface area contributed by atoms with Crippen molar-refractivity contribution in [1.82, 2.24) is 16.0 Å². The number of guanidine groups is 1. The maximum absolute atomic E-state index is 11.9. The molecule has 146 valence electrons. The molecule has 0 unspecified atom stereocenters. The van der Waals surface area contributed by atoms with E-state index >= 15 is 0 Å². The Bertz CT molecular complexity index is 749. The first-order valence-corrected chi connectivity index (χ1v) is 8.88. The van der Waals surface area contributed by atoms with Crippen molar-refractivity contribution in [2.24, 2.45) is 4.99 Å². The van der Waals surface area contributed by atoms with Crippen molar-refractivity contribution in [3.63, 3.8) is 0 Å². The SMILES string of the molecule is CN=C(NCC(=O)NCc1ccco1)NCc1ccccc1OC(C)(C)C. The minimum absolute atomic E-state index is 0.112. The van der Waals surface area contributed by atoms with Crippen LogP contribution in [0.1, 0.15) is 32.1 Å². The first-order valence-electron chi connectivity index (χ1n) is 8.88. The summed E-state index contributed by atoms with van der Waals surface area (Å²) in [6.07, 6.45) is 1.58. The Morgan fingerprint density at radius 3 is 2.52 bits per heavy atom. The molecule has 7 nitrogen and oxygen atoms in total. The summed E-state index contributed by atoms with van der Waals surface area (Å²) >= 11 is 0. The van der Waals surface area contributed by atoms with Gasteiger partial charge in [-0.2, -0.15) is 0 Å². The van der Waals surface area contributed by atoms with Crippen LogP contribution in [0.25, 0.3) is 0 Å². The highest BCUT2D eigenvalue weighted by Crippen LogP contribution is 2.22. The molecule has 0 aliphatic carbocycles. The maximum atomic E-state index is 11.9. The van der Waals surface area contributed by atoms with Crippen LogP contribution in [-0.4, -0.2) is 31.1 Å². The van der Waals surface area contributed by atoms with E-state index in [0.29, 0.717) is 24.8 Å². The van der Waals surface area contributed by atoms with Crippen LogP contribution in [0.5, 0.6) is 5.75 Å². The molecule has 0 bridgehead atoms. The lowest BCUT2D eigenvalue weighted by Gasteiger charge is -2.23. The highest BCUT2D eigenvalue weighted by atomic mass is 16.5. The third-order valence-corrected chi connectivity index (χ3v) is 3.51. The maximum Gasteiger partial charge on any atom is 0.239 e. The molecule has 0 atom stereocenters. The van der Waals surface area contributed by atoms with Crippen LogP contribution >= 0.6 is 0 Å². The molecule has 2 rings (SSSR count). The highest BCUT2D eigenvalue weighted by molar-refractivity contribution is 5.86. The average molecular weight is 372 g/mol. The van der Waals surface area contributed by atoms with Crippen LogP contribution in [0.3, 0.4) is 0 Å². The van der Waals surface area contributed by atoms with Crippen molar-refractivity contribution in [1.29, 1.82) is 0 Å². The molecular weight excluding hydrogens is 344 g/mol. The van der Waals surface area contributed by atoms with E-state index in [1.807, 2.05) is 51.1 Å². The van der Waals surface area contributed by atoms with Gasteiger partial charge in [-0.1, -0.05) is 18.2 Å². The number of nitrogens with one attached hydrogen (secondary N) is 3. The predicted octanol–water partition coefficient (Wildman–Crippen LogP) is 2.44. The third kappa shape index (κ3) is 7.43. The van der Waals surface area contributed by atoms with Crippen LogP contribution in [-0.2, 0) is 17.9 Å². The fourth-order valence-corrected chi connectivity index (χ4v) is 2.30. The average Bonchev–Trinajstić information content (AvgIpc) is 3.13. The van der Waals surface area contributed by atoms with Gasteiger partial charge in [-0.25, -0.2) is 0 Å². The van der Waals surface area contributed by atoms with Gasteiger partial charge in [0, 0.05) is 19.2 Å². The molecule has 0 saturated carbocycles. The molecule has 1 aromatic carbocycles. The number of aliphatic imine (C=N–C) groups is 1. The Hall–Kier alpha value is -2.96. The van der Waals surface area contributed by atoms with Gasteiger partial charge in [-0.15, -0.1) is 0 Å². The lowest BCUT2D eigenvalue weighted by atomic mass is 10.1. The number of hydrogen-bond donors (Lipinski definition) is 3. The van der Waals surface area contributed by atoms with Crippen molar-refractivity contribution in [2.45, 2.75) is 39.5 Å². The zero-order valence-electron chi connectivity index (χ0n) is 16.3. The smallest absolute Gasteiger partial charge is 0.239 e. The molecule has 0 aliphatic heterocycles. The molecule has 0 saturated heterocycles. The number of carbonyl (C=O) groups is 1. The molecular formula is C20H28N4O3. The minimum atomic E-state index is -0.276. The van der Waals surface area contributed by atoms with E-state index in [-0.39, 0.29) is 18.1 Å². The first-order chi connectivity index (χ1) is 12.9. The van der Waals surface area contributed by atoms with E-state index in [0.717, 1.165) is 11.3 Å². The molecule has 0 spiro atoms. The number of amides is 1. The van der Waals surface area contributed by atoms with Gasteiger partial charge in [0.05, 0.1) is 19.4 Å². The van der Waals surface area contributed by atoms with Crippen LogP contribution in [0.2, 0.25) is 0 Å². The molecule has 0 fully saturated rings. The Balaban J connectivity index is 1.81. The largest absolute Gasteiger partial charge is 0.488 e. The lowest BCUT2D eigenvalue weighted by Crippen LogP contribution is -2.42. The Morgan fingerprint density at radius 1 is 1.07 bits per heavy atom. The monoisotopic (exact) mass is 372 g/mol. The van der Waals surface area contributed by atoms with Crippen molar-refractivity contribution in [2.75, 3.05) is 13.6 Å². The van der Waals surface area contributed by atoms with Crippen LogP contribution in [0.15, 0.2) is 52.1 Å². The van der Waals surface area contributed by atoms with Crippen molar-refractivity contribution in [3.05, 3.63) is 54.0 Å². The van der Waals surface area contributed by atoms with E-state index < -0.39 is 0 Å². The quantitative estimate of drug-likeness (QED) is 0.513. The summed E-state index contributed by atoms with van der Waals surface area (Å²) in [5, 5.41) is 8.97. The van der Waals surface area contributed by atoms with E-state index in [1.165, 1.54) is 0 Å². The predicted molar refractivity (Wildman–Crippen MR) is 106 cm³/mol. The fraction of sp³-hybridized carbons (Fsp3) is 0.400. The number of benzene rings is 1. The van der Waals surface area contributed by atoms with Crippen LogP contribution in [0.4, 0.5) is 0 Å². The van der Waals surface area contributed by atoms with E-state index in [4.69, 9.17) is 9.15 Å². The second kappa shape index (κ2) is 9.66. The lowest BCUT2D eigenvalue weighted by molar-refractivity contribution is -0.120. The van der Waals surface area contributed by atoms with Crippen molar-refractivity contribution >= 4 is 11.9 Å². The Kier molecular flexibility index (Phi) is 7.28. The van der Waals surface area contributed by atoms with Gasteiger partial charge in [0.25, 0.3) is 0 Å². The molecule has 3 N–H and O–H groups in total. The topological polar surface area (TPSA) is 87.9 Å². The first kappa shape index (κ1) is 20.4. The van der Waals surface area contributed by atoms with Gasteiger partial charge in [-0.05, 0) is 39.0 Å². The summed E-state index contributed by atoms with van der Waals surface area (Å²) < 4.78 is 11.2. The molecule has 7 heteroatoms. The van der Waals surface area contributed by atoms with E-state index in [2.05, 4.69) is 20.9 Å². The number of hydrogen-bond acceptors (Lipinski definition) is 4. The van der Waals surface area contributed by atoms with Crippen LogP contribution < -0.4 is 20.7 Å². The third-order valence-electron chi connectivity index (χ3n) is 3.51. The fourth-order valence-electron chi connectivity index (χ4n) is 2.30. The summed E-state index contributed by atoms with van der Waals surface area (Å²) in [6, 6.07) is 11.4. The number of ether oxygens (including phenoxy) is 1. The highest BCUT2D eigenvalue weighted by Gasteiger charge is 2.14. The van der Waals surface area contributed by atoms with Gasteiger partial charge in [-0.3, -0.25) is 9.79 Å². The number of para-hydroxylation sites is 1. The van der Waals surface area contributed by atoms with Gasteiger partial charge in [0.2, 0.25) is 5.91 Å². The zero-order valence-corrected chi connectivity index (χ0v) is 16.3. The summed E-state index contributed by atoms with van der Waals surface area (Å²) in [5.74, 6) is 1.92. The van der Waals surface area contributed by atoms with Crippen molar-refractivity contribution in [3.8, 4) is 5.75 Å². The summed E-state index contributed by atoms with van der Waals surface area (Å²) in [4.78, 5) is 16.1. The standard InChI is InChI=1S/C20H28N4O3/c1-20(2,3)27-17-10-6-5-8-15(17)12-23-19(21-4)24-14-18(25)22-13-16-9-7-11-26-16/h5-11H,12-14H2,1-4H3,(H,22,25)(H2,21,23,24). The second-order valence-corrected chi connectivity index (χ2v) is 6.96. The molecule has 0 radical (unpaired) electrons. The molecule has 1 aromatic heterocycles. The molecule has 27 heavy (non-hydrogen) atoms. The van der Waals surface area contributed by atoms with Gasteiger partial charge in [0.15, 0.2) is 5.96 Å². The minimum Gasteiger partial charge on any atom is -0.488 e. The number of carbonyl (C=O) groups excluding carboxylic acids is 1. The number of rotatable bonds is 7. The normalized spacial score (nSPS) is 11.8. The Morgan fingerprint density at radius 2 is 1.85 bits per heavy atom. The molecule has 0 aliphatic rings. The molecule has 2 aromatic rings. The number of furan rings is 1. The molecule has 1 heterocycles. The van der Waals surface area contributed by atoms with E-state index in [1.54, 1.807) is 19.4 Å². The van der Waals surface area contributed by atoms with Gasteiger partial charge < -0.3 is 25.1 Å². The summed E-state index contributed by atoms with van der Waals surface area (Å²) in [5.41, 5.74) is 0.736. The number of nitrogens with zero attached hydrogens (tertiary/aromatic N) is 1. The van der Waals surface area contributed by atoms with E-state index in [9.17, 15) is 4.79 Å². The summed E-state index contributed by atoms with van der Waals surface area (Å²) in [7, 11) is 1.66. The van der Waals surface area contributed by atoms with Crippen molar-refractivity contribution < 1.29 is 13.9 Å². The van der Waals surface area contributed by atoms with Gasteiger partial charge in [0.1, 0.15) is 17.1 Å². The summed E-state index contributed by atoms with van der Waals surface area (Å²) in [6.45, 7) is 7.04. The molecule has 1 amide bonds. The Labute approximate surface area is 160 Å². The van der Waals surface area contributed by atoms with Crippen LogP contribution in [0, 0.1) is 0 Å². The van der Waals surface area contributed by atoms with Gasteiger partial charge >= 0.3 is 0 Å². The zero-order chi connectivity index (χ0) is 19.7.